The summed E-state index contributed by atoms with van der Waals surface area (Å²) in [6, 6.07) is 5.10. The Hall–Kier alpha value is 0.140. The minimum absolute atomic E-state index is 0.518. The van der Waals surface area contributed by atoms with Crippen molar-refractivity contribution < 1.29 is 0 Å². The lowest BCUT2D eigenvalue weighted by Crippen LogP contribution is -2.25. The molecule has 3 unspecified atom stereocenters. The van der Waals surface area contributed by atoms with E-state index in [4.69, 9.17) is 0 Å². The molecule has 0 heterocycles. The van der Waals surface area contributed by atoms with Crippen LogP contribution in [-0.4, -0.2) is 6.54 Å². The predicted molar refractivity (Wildman–Crippen MR) is 96.6 cm³/mol. The highest BCUT2D eigenvalue weighted by Gasteiger charge is 2.54. The summed E-state index contributed by atoms with van der Waals surface area (Å²) in [5, 5.41) is 3.84. The average Bonchev–Trinajstić information content (AvgIpc) is 3.19. The van der Waals surface area contributed by atoms with Gasteiger partial charge in [0.1, 0.15) is 0 Å². The van der Waals surface area contributed by atoms with Gasteiger partial charge >= 0.3 is 0 Å². The van der Waals surface area contributed by atoms with Crippen LogP contribution in [0.2, 0.25) is 0 Å². The molecule has 0 aromatic heterocycles. The van der Waals surface area contributed by atoms with Crippen LogP contribution in [0.4, 0.5) is 0 Å². The SMILES string of the molecule is CCCNC(c1cc(Br)c(C)cc1Br)C1C2CCCCC21. The van der Waals surface area contributed by atoms with Crippen molar-refractivity contribution in [2.24, 2.45) is 17.8 Å². The fourth-order valence-electron chi connectivity index (χ4n) is 4.20. The Morgan fingerprint density at radius 3 is 2.43 bits per heavy atom. The van der Waals surface area contributed by atoms with Crippen molar-refractivity contribution in [3.05, 3.63) is 32.2 Å². The molecule has 116 valence electrons. The van der Waals surface area contributed by atoms with Crippen LogP contribution in [0.25, 0.3) is 0 Å². The highest BCUT2D eigenvalue weighted by atomic mass is 79.9. The van der Waals surface area contributed by atoms with E-state index in [0.29, 0.717) is 6.04 Å². The van der Waals surface area contributed by atoms with Crippen molar-refractivity contribution in [2.75, 3.05) is 6.54 Å². The van der Waals surface area contributed by atoms with Crippen molar-refractivity contribution in [2.45, 2.75) is 52.0 Å². The van der Waals surface area contributed by atoms with Gasteiger partial charge in [-0.25, -0.2) is 0 Å². The van der Waals surface area contributed by atoms with Gasteiger partial charge in [0.25, 0.3) is 0 Å². The minimum atomic E-state index is 0.518. The topological polar surface area (TPSA) is 12.0 Å². The summed E-state index contributed by atoms with van der Waals surface area (Å²) in [6.07, 6.45) is 6.98. The Bertz CT molecular complexity index is 502. The Morgan fingerprint density at radius 2 is 1.81 bits per heavy atom. The zero-order chi connectivity index (χ0) is 15.0. The van der Waals surface area contributed by atoms with E-state index in [9.17, 15) is 0 Å². The van der Waals surface area contributed by atoms with Crippen molar-refractivity contribution >= 4 is 31.9 Å². The summed E-state index contributed by atoms with van der Waals surface area (Å²) < 4.78 is 2.49. The molecule has 0 bridgehead atoms. The van der Waals surface area contributed by atoms with E-state index in [2.05, 4.69) is 63.2 Å². The molecule has 2 saturated carbocycles. The molecule has 2 aliphatic rings. The monoisotopic (exact) mass is 413 g/mol. The summed E-state index contributed by atoms with van der Waals surface area (Å²) in [7, 11) is 0. The van der Waals surface area contributed by atoms with E-state index >= 15 is 0 Å². The zero-order valence-electron chi connectivity index (χ0n) is 13.0. The van der Waals surface area contributed by atoms with Crippen LogP contribution >= 0.6 is 31.9 Å². The van der Waals surface area contributed by atoms with Crippen LogP contribution in [0.5, 0.6) is 0 Å². The van der Waals surface area contributed by atoms with E-state index in [1.54, 1.807) is 0 Å². The van der Waals surface area contributed by atoms with Gasteiger partial charge in [-0.1, -0.05) is 51.6 Å². The van der Waals surface area contributed by atoms with Crippen molar-refractivity contribution in [3.8, 4) is 0 Å². The highest BCUT2D eigenvalue weighted by Crippen LogP contribution is 2.61. The van der Waals surface area contributed by atoms with Crippen LogP contribution in [0.1, 0.15) is 56.2 Å². The number of hydrogen-bond acceptors (Lipinski definition) is 1. The van der Waals surface area contributed by atoms with Gasteiger partial charge in [0, 0.05) is 15.0 Å². The number of benzene rings is 1. The normalized spacial score (nSPS) is 29.0. The Labute approximate surface area is 145 Å². The molecule has 0 saturated heterocycles. The van der Waals surface area contributed by atoms with Crippen LogP contribution in [0.15, 0.2) is 21.1 Å². The van der Waals surface area contributed by atoms with E-state index in [-0.39, 0.29) is 0 Å². The number of hydrogen-bond donors (Lipinski definition) is 1. The quantitative estimate of drug-likeness (QED) is 0.623. The molecule has 3 heteroatoms. The third-order valence-corrected chi connectivity index (χ3v) is 6.88. The predicted octanol–water partition coefficient (Wildman–Crippen LogP) is 6.00. The smallest absolute Gasteiger partial charge is 0.0365 e. The second-order valence-electron chi connectivity index (χ2n) is 6.74. The van der Waals surface area contributed by atoms with Crippen LogP contribution in [0, 0.1) is 24.7 Å². The molecule has 0 amide bonds. The Kier molecular flexibility index (Phi) is 5.12. The lowest BCUT2D eigenvalue weighted by molar-refractivity contribution is 0.444. The number of nitrogens with one attached hydrogen (secondary N) is 1. The molecule has 1 aromatic carbocycles. The standard InChI is InChI=1S/C18H25Br2N/c1-3-8-21-18(17-12-6-4-5-7-13(12)17)14-10-15(19)11(2)9-16(14)20/h9-10,12-13,17-18,21H,3-8H2,1-2H3. The number of rotatable bonds is 5. The first-order chi connectivity index (χ1) is 10.1. The van der Waals surface area contributed by atoms with Gasteiger partial charge in [-0.15, -0.1) is 0 Å². The minimum Gasteiger partial charge on any atom is -0.310 e. The van der Waals surface area contributed by atoms with Crippen LogP contribution in [0.3, 0.4) is 0 Å². The fourth-order valence-corrected chi connectivity index (χ4v) is 5.26. The lowest BCUT2D eigenvalue weighted by atomic mass is 9.98. The van der Waals surface area contributed by atoms with Gasteiger partial charge in [0.15, 0.2) is 0 Å². The molecule has 0 spiro atoms. The molecule has 3 atom stereocenters. The first kappa shape index (κ1) is 16.0. The molecule has 2 aliphatic carbocycles. The largest absolute Gasteiger partial charge is 0.310 e. The maximum Gasteiger partial charge on any atom is 0.0365 e. The third kappa shape index (κ3) is 3.25. The highest BCUT2D eigenvalue weighted by molar-refractivity contribution is 9.11. The number of halogens is 2. The van der Waals surface area contributed by atoms with Crippen LogP contribution < -0.4 is 5.32 Å². The molecular weight excluding hydrogens is 390 g/mol. The van der Waals surface area contributed by atoms with Gasteiger partial charge in [0.05, 0.1) is 0 Å². The fraction of sp³-hybridized carbons (Fsp3) is 0.667. The van der Waals surface area contributed by atoms with Crippen molar-refractivity contribution in [3.63, 3.8) is 0 Å². The third-order valence-electron chi connectivity index (χ3n) is 5.33. The summed E-state index contributed by atoms with van der Waals surface area (Å²) >= 11 is 7.52. The van der Waals surface area contributed by atoms with E-state index in [1.165, 1.54) is 52.2 Å². The molecule has 1 N–H and O–H groups in total. The van der Waals surface area contributed by atoms with Gasteiger partial charge < -0.3 is 5.32 Å². The Morgan fingerprint density at radius 1 is 1.14 bits per heavy atom. The van der Waals surface area contributed by atoms with Gasteiger partial charge in [-0.2, -0.15) is 0 Å². The Balaban J connectivity index is 1.87. The molecule has 1 nitrogen and oxygen atoms in total. The molecule has 21 heavy (non-hydrogen) atoms. The summed E-state index contributed by atoms with van der Waals surface area (Å²) in [5.41, 5.74) is 2.74. The van der Waals surface area contributed by atoms with E-state index < -0.39 is 0 Å². The molecule has 0 radical (unpaired) electrons. The number of fused-ring (bicyclic) bond motifs is 1. The lowest BCUT2D eigenvalue weighted by Gasteiger charge is -2.22. The molecule has 2 fully saturated rings. The van der Waals surface area contributed by atoms with Gasteiger partial charge in [0.2, 0.25) is 0 Å². The molecular formula is C18H25Br2N. The number of aryl methyl sites for hydroxylation is 1. The van der Waals surface area contributed by atoms with Crippen LogP contribution in [-0.2, 0) is 0 Å². The summed E-state index contributed by atoms with van der Waals surface area (Å²) in [5.74, 6) is 2.80. The first-order valence-electron chi connectivity index (χ1n) is 8.32. The first-order valence-corrected chi connectivity index (χ1v) is 9.91. The maximum absolute atomic E-state index is 3.84. The maximum atomic E-state index is 3.84. The summed E-state index contributed by atoms with van der Waals surface area (Å²) in [6.45, 7) is 5.52. The van der Waals surface area contributed by atoms with Gasteiger partial charge in [-0.3, -0.25) is 0 Å². The summed E-state index contributed by atoms with van der Waals surface area (Å²) in [4.78, 5) is 0. The van der Waals surface area contributed by atoms with E-state index in [0.717, 1.165) is 24.3 Å². The second kappa shape index (κ2) is 6.72. The van der Waals surface area contributed by atoms with Crippen molar-refractivity contribution in [1.29, 1.82) is 0 Å². The zero-order valence-corrected chi connectivity index (χ0v) is 16.1. The van der Waals surface area contributed by atoms with Crippen molar-refractivity contribution in [1.82, 2.24) is 5.32 Å². The van der Waals surface area contributed by atoms with E-state index in [1.807, 2.05) is 0 Å². The van der Waals surface area contributed by atoms with Gasteiger partial charge in [-0.05, 0) is 73.7 Å². The molecule has 0 aliphatic heterocycles. The molecule has 1 aromatic rings. The average molecular weight is 415 g/mol. The molecule has 3 rings (SSSR count). The second-order valence-corrected chi connectivity index (χ2v) is 8.45.